The molecule has 0 unspecified atom stereocenters. The van der Waals surface area contributed by atoms with Gasteiger partial charge in [-0.15, -0.1) is 0 Å². The van der Waals surface area contributed by atoms with E-state index in [1.807, 2.05) is 6.92 Å². The predicted octanol–water partition coefficient (Wildman–Crippen LogP) is 0.115. The summed E-state index contributed by atoms with van der Waals surface area (Å²) in [6.45, 7) is 1.95. The summed E-state index contributed by atoms with van der Waals surface area (Å²) >= 11 is 0. The maximum Gasteiger partial charge on any atom is 0.303 e. The first kappa shape index (κ1) is 13.7. The third kappa shape index (κ3) is 4.16. The highest BCUT2D eigenvalue weighted by Gasteiger charge is 2.16. The van der Waals surface area contributed by atoms with Gasteiger partial charge in [0.25, 0.3) is 10.0 Å². The molecule has 0 saturated heterocycles. The maximum absolute atomic E-state index is 11.7. The lowest BCUT2D eigenvalue weighted by molar-refractivity contribution is -0.137. The Morgan fingerprint density at radius 2 is 2.29 bits per heavy atom. The molecular formula is C9H15N3O4S. The normalized spacial score (nSPS) is 11.6. The number of aromatic nitrogens is 2. The number of carboxylic acid groups (broad SMARTS) is 1. The van der Waals surface area contributed by atoms with Crippen LogP contribution in [-0.2, 0) is 21.2 Å². The van der Waals surface area contributed by atoms with Crippen LogP contribution in [0.1, 0.15) is 25.6 Å². The summed E-state index contributed by atoms with van der Waals surface area (Å²) < 4.78 is 25.7. The third-order valence-corrected chi connectivity index (χ3v) is 3.46. The molecule has 0 aliphatic rings. The molecule has 7 nitrogen and oxygen atoms in total. The Morgan fingerprint density at radius 1 is 1.59 bits per heavy atom. The monoisotopic (exact) mass is 261 g/mol. The fourth-order valence-corrected chi connectivity index (χ4v) is 2.20. The molecule has 0 aliphatic carbocycles. The molecule has 0 bridgehead atoms. The van der Waals surface area contributed by atoms with Crippen molar-refractivity contribution < 1.29 is 18.3 Å². The number of imidazole rings is 1. The first-order valence-electron chi connectivity index (χ1n) is 5.21. The zero-order valence-corrected chi connectivity index (χ0v) is 10.2. The topological polar surface area (TPSA) is 112 Å². The van der Waals surface area contributed by atoms with E-state index in [2.05, 4.69) is 14.7 Å². The van der Waals surface area contributed by atoms with Crippen molar-refractivity contribution in [3.8, 4) is 0 Å². The van der Waals surface area contributed by atoms with Crippen LogP contribution in [-0.4, -0.2) is 36.0 Å². The molecule has 0 fully saturated rings. The lowest BCUT2D eigenvalue weighted by Crippen LogP contribution is -2.25. The fourth-order valence-electron chi connectivity index (χ4n) is 1.18. The number of nitrogens with zero attached hydrogens (tertiary/aromatic N) is 1. The first-order chi connectivity index (χ1) is 7.95. The second-order valence-corrected chi connectivity index (χ2v) is 5.18. The van der Waals surface area contributed by atoms with Gasteiger partial charge in [-0.2, -0.15) is 0 Å². The van der Waals surface area contributed by atoms with Gasteiger partial charge in [0, 0.05) is 19.4 Å². The van der Waals surface area contributed by atoms with Gasteiger partial charge in [0.05, 0.1) is 6.20 Å². The molecule has 17 heavy (non-hydrogen) atoms. The van der Waals surface area contributed by atoms with E-state index in [0.29, 0.717) is 12.2 Å². The van der Waals surface area contributed by atoms with Crippen molar-refractivity contribution in [1.29, 1.82) is 0 Å². The number of hydrogen-bond acceptors (Lipinski definition) is 4. The van der Waals surface area contributed by atoms with E-state index in [-0.39, 0.29) is 24.4 Å². The van der Waals surface area contributed by atoms with Gasteiger partial charge in [0.2, 0.25) is 0 Å². The first-order valence-corrected chi connectivity index (χ1v) is 6.69. The molecule has 0 radical (unpaired) electrons. The van der Waals surface area contributed by atoms with E-state index in [4.69, 9.17) is 5.11 Å². The van der Waals surface area contributed by atoms with Crippen LogP contribution in [0.2, 0.25) is 0 Å². The maximum atomic E-state index is 11.7. The molecule has 0 aliphatic heterocycles. The summed E-state index contributed by atoms with van der Waals surface area (Å²) in [5.74, 6) is -0.352. The third-order valence-electron chi connectivity index (χ3n) is 2.09. The number of carboxylic acids is 1. The van der Waals surface area contributed by atoms with Gasteiger partial charge in [0.1, 0.15) is 5.82 Å². The highest BCUT2D eigenvalue weighted by molar-refractivity contribution is 7.89. The van der Waals surface area contributed by atoms with Crippen LogP contribution in [0, 0.1) is 0 Å². The van der Waals surface area contributed by atoms with E-state index >= 15 is 0 Å². The number of aliphatic carboxylic acids is 1. The number of hydrogen-bond donors (Lipinski definition) is 3. The molecule has 0 amide bonds. The molecule has 0 saturated carbocycles. The van der Waals surface area contributed by atoms with E-state index in [9.17, 15) is 13.2 Å². The molecule has 0 aromatic carbocycles. The van der Waals surface area contributed by atoms with Crippen LogP contribution in [0.3, 0.4) is 0 Å². The molecular weight excluding hydrogens is 246 g/mol. The largest absolute Gasteiger partial charge is 0.481 e. The summed E-state index contributed by atoms with van der Waals surface area (Å²) in [7, 11) is -3.61. The zero-order chi connectivity index (χ0) is 12.9. The number of carbonyl (C=O) groups is 1. The second-order valence-electron chi connectivity index (χ2n) is 3.44. The quantitative estimate of drug-likeness (QED) is 0.603. The van der Waals surface area contributed by atoms with Gasteiger partial charge < -0.3 is 10.1 Å². The Hall–Kier alpha value is -1.41. The van der Waals surface area contributed by atoms with E-state index < -0.39 is 16.0 Å². The van der Waals surface area contributed by atoms with Crippen LogP contribution in [0.5, 0.6) is 0 Å². The molecule has 96 valence electrons. The number of rotatable bonds is 7. The smallest absolute Gasteiger partial charge is 0.303 e. The summed E-state index contributed by atoms with van der Waals surface area (Å²) in [5, 5.41) is 8.41. The van der Waals surface area contributed by atoms with Crippen LogP contribution < -0.4 is 4.72 Å². The number of aromatic amines is 1. The van der Waals surface area contributed by atoms with Gasteiger partial charge in [-0.25, -0.2) is 18.1 Å². The molecule has 1 rings (SSSR count). The Labute approximate surface area is 99.3 Å². The van der Waals surface area contributed by atoms with Crippen LogP contribution in [0.4, 0.5) is 0 Å². The average Bonchev–Trinajstić information content (AvgIpc) is 2.73. The highest BCUT2D eigenvalue weighted by Crippen LogP contribution is 2.05. The van der Waals surface area contributed by atoms with Crippen molar-refractivity contribution in [3.05, 3.63) is 12.0 Å². The van der Waals surface area contributed by atoms with Gasteiger partial charge in [-0.1, -0.05) is 6.92 Å². The van der Waals surface area contributed by atoms with Gasteiger partial charge in [0.15, 0.2) is 5.03 Å². The molecule has 0 spiro atoms. The Bertz CT molecular complexity index is 480. The molecule has 3 N–H and O–H groups in total. The zero-order valence-electron chi connectivity index (χ0n) is 9.43. The number of nitrogens with one attached hydrogen (secondary N) is 2. The van der Waals surface area contributed by atoms with Crippen molar-refractivity contribution in [1.82, 2.24) is 14.7 Å². The Kier molecular flexibility index (Phi) is 4.64. The Morgan fingerprint density at radius 3 is 2.82 bits per heavy atom. The minimum absolute atomic E-state index is 0.00433. The molecule has 1 heterocycles. The van der Waals surface area contributed by atoms with Gasteiger partial charge >= 0.3 is 5.97 Å². The molecule has 8 heteroatoms. The summed E-state index contributed by atoms with van der Waals surface area (Å²) in [6.07, 6.45) is 2.06. The van der Waals surface area contributed by atoms with E-state index in [1.165, 1.54) is 6.20 Å². The van der Waals surface area contributed by atoms with Crippen molar-refractivity contribution in [2.75, 3.05) is 6.54 Å². The lowest BCUT2D eigenvalue weighted by atomic mass is 10.3. The number of aryl methyl sites for hydroxylation is 1. The highest BCUT2D eigenvalue weighted by atomic mass is 32.2. The van der Waals surface area contributed by atoms with E-state index in [1.54, 1.807) is 0 Å². The Balaban J connectivity index is 2.53. The van der Waals surface area contributed by atoms with Gasteiger partial charge in [-0.3, -0.25) is 4.79 Å². The van der Waals surface area contributed by atoms with Crippen molar-refractivity contribution >= 4 is 16.0 Å². The van der Waals surface area contributed by atoms with Gasteiger partial charge in [-0.05, 0) is 6.42 Å². The summed E-state index contributed by atoms with van der Waals surface area (Å²) in [6, 6.07) is 0. The lowest BCUT2D eigenvalue weighted by Gasteiger charge is -2.03. The van der Waals surface area contributed by atoms with Crippen LogP contribution >= 0.6 is 0 Å². The SMILES string of the molecule is CCc1ncc(S(=O)(=O)NCCCC(=O)O)[nH]1. The molecule has 1 aromatic rings. The van der Waals surface area contributed by atoms with Crippen molar-refractivity contribution in [2.24, 2.45) is 0 Å². The van der Waals surface area contributed by atoms with Crippen molar-refractivity contribution in [3.63, 3.8) is 0 Å². The second kappa shape index (κ2) is 5.78. The van der Waals surface area contributed by atoms with Crippen molar-refractivity contribution in [2.45, 2.75) is 31.2 Å². The predicted molar refractivity (Wildman–Crippen MR) is 60.0 cm³/mol. The molecule has 1 aromatic heterocycles. The van der Waals surface area contributed by atoms with Crippen LogP contribution in [0.25, 0.3) is 0 Å². The molecule has 0 atom stereocenters. The summed E-state index contributed by atoms with van der Waals surface area (Å²) in [4.78, 5) is 16.8. The standard InChI is InChI=1S/C9H15N3O4S/c1-2-7-10-6-8(12-7)17(15,16)11-5-3-4-9(13)14/h6,11H,2-5H2,1H3,(H,10,12)(H,13,14). The van der Waals surface area contributed by atoms with E-state index in [0.717, 1.165) is 0 Å². The summed E-state index contributed by atoms with van der Waals surface area (Å²) in [5.41, 5.74) is 0. The van der Waals surface area contributed by atoms with Crippen LogP contribution in [0.15, 0.2) is 11.2 Å². The fraction of sp³-hybridized carbons (Fsp3) is 0.556. The minimum atomic E-state index is -3.61. The number of sulfonamides is 1. The minimum Gasteiger partial charge on any atom is -0.481 e. The average molecular weight is 261 g/mol. The number of H-pyrrole nitrogens is 1.